The number of carbonyl (C=O) groups excluding carboxylic acids is 2. The van der Waals surface area contributed by atoms with Crippen molar-refractivity contribution in [3.05, 3.63) is 0 Å². The molecular formula is C14H29ClN2O3. The van der Waals surface area contributed by atoms with Gasteiger partial charge in [0, 0.05) is 6.42 Å². The van der Waals surface area contributed by atoms with Crippen molar-refractivity contribution >= 4 is 24.3 Å². The van der Waals surface area contributed by atoms with Crippen molar-refractivity contribution in [1.29, 1.82) is 0 Å². The highest BCUT2D eigenvalue weighted by Crippen LogP contribution is 2.08. The normalized spacial score (nSPS) is 11.9. The second-order valence-electron chi connectivity index (χ2n) is 5.44. The summed E-state index contributed by atoms with van der Waals surface area (Å²) in [6, 6.07) is -0.538. The van der Waals surface area contributed by atoms with Gasteiger partial charge in [0.1, 0.15) is 6.04 Å². The Morgan fingerprint density at radius 1 is 1.15 bits per heavy atom. The van der Waals surface area contributed by atoms with E-state index in [9.17, 15) is 9.59 Å². The number of hydrogen-bond acceptors (Lipinski definition) is 4. The molecule has 0 aromatic carbocycles. The molecule has 0 saturated heterocycles. The molecule has 120 valence electrons. The third-order valence-electron chi connectivity index (χ3n) is 2.51. The van der Waals surface area contributed by atoms with Crippen LogP contribution in [0.3, 0.4) is 0 Å². The van der Waals surface area contributed by atoms with Crippen molar-refractivity contribution in [3.8, 4) is 0 Å². The molecule has 0 rings (SSSR count). The SMILES string of the molecule is CNCCCC(=O)N[C@@H](CC(C)C)C(=O)OC(C)C.Cl. The summed E-state index contributed by atoms with van der Waals surface area (Å²) in [5.74, 6) is -0.116. The van der Waals surface area contributed by atoms with Crippen LogP contribution in [0.15, 0.2) is 0 Å². The summed E-state index contributed by atoms with van der Waals surface area (Å²) >= 11 is 0. The highest BCUT2D eigenvalue weighted by atomic mass is 35.5. The quantitative estimate of drug-likeness (QED) is 0.504. The molecule has 0 fully saturated rings. The van der Waals surface area contributed by atoms with Crippen LogP contribution in [-0.2, 0) is 14.3 Å². The molecular weight excluding hydrogens is 280 g/mol. The maximum absolute atomic E-state index is 11.9. The summed E-state index contributed by atoms with van der Waals surface area (Å²) in [6.07, 6.45) is 1.62. The Bertz CT molecular complexity index is 284. The molecule has 0 bridgehead atoms. The van der Waals surface area contributed by atoms with Crippen LogP contribution in [0.4, 0.5) is 0 Å². The maximum Gasteiger partial charge on any atom is 0.328 e. The zero-order valence-electron chi connectivity index (χ0n) is 13.2. The topological polar surface area (TPSA) is 67.4 Å². The van der Waals surface area contributed by atoms with Crippen LogP contribution >= 0.6 is 12.4 Å². The van der Waals surface area contributed by atoms with Gasteiger partial charge < -0.3 is 15.4 Å². The summed E-state index contributed by atoms with van der Waals surface area (Å²) in [4.78, 5) is 23.7. The van der Waals surface area contributed by atoms with Crippen molar-refractivity contribution in [2.24, 2.45) is 5.92 Å². The molecule has 20 heavy (non-hydrogen) atoms. The van der Waals surface area contributed by atoms with Gasteiger partial charge in [-0.15, -0.1) is 12.4 Å². The Morgan fingerprint density at radius 3 is 2.20 bits per heavy atom. The lowest BCUT2D eigenvalue weighted by molar-refractivity contribution is -0.152. The predicted molar refractivity (Wildman–Crippen MR) is 83.0 cm³/mol. The van der Waals surface area contributed by atoms with Gasteiger partial charge in [-0.1, -0.05) is 13.8 Å². The molecule has 0 aromatic heterocycles. The van der Waals surface area contributed by atoms with Crippen LogP contribution in [-0.4, -0.2) is 37.6 Å². The summed E-state index contributed by atoms with van der Waals surface area (Å²) in [5, 5.41) is 5.76. The molecule has 0 aromatic rings. The van der Waals surface area contributed by atoms with Gasteiger partial charge in [-0.2, -0.15) is 0 Å². The number of halogens is 1. The van der Waals surface area contributed by atoms with E-state index in [-0.39, 0.29) is 30.4 Å². The molecule has 0 heterocycles. The molecule has 5 nitrogen and oxygen atoms in total. The standard InChI is InChI=1S/C14H28N2O3.ClH/c1-10(2)9-12(14(18)19-11(3)4)16-13(17)7-6-8-15-5;/h10-12,15H,6-9H2,1-5H3,(H,16,17);1H/t12-;/m0./s1. The fourth-order valence-electron chi connectivity index (χ4n) is 1.69. The first-order valence-electron chi connectivity index (χ1n) is 7.01. The molecule has 0 spiro atoms. The first kappa shape index (κ1) is 21.5. The molecule has 2 N–H and O–H groups in total. The minimum Gasteiger partial charge on any atom is -0.461 e. The van der Waals surface area contributed by atoms with Gasteiger partial charge in [0.25, 0.3) is 0 Å². The summed E-state index contributed by atoms with van der Waals surface area (Å²) in [5.41, 5.74) is 0. The van der Waals surface area contributed by atoms with E-state index in [4.69, 9.17) is 4.74 Å². The monoisotopic (exact) mass is 308 g/mol. The number of carbonyl (C=O) groups is 2. The second kappa shape index (κ2) is 12.0. The number of esters is 1. The van der Waals surface area contributed by atoms with Crippen LogP contribution in [0.25, 0.3) is 0 Å². The minimum atomic E-state index is -0.538. The number of rotatable bonds is 9. The van der Waals surface area contributed by atoms with Gasteiger partial charge in [-0.05, 0) is 46.2 Å². The Balaban J connectivity index is 0. The summed E-state index contributed by atoms with van der Waals surface area (Å²) in [7, 11) is 1.85. The second-order valence-corrected chi connectivity index (χ2v) is 5.44. The third-order valence-corrected chi connectivity index (χ3v) is 2.51. The smallest absolute Gasteiger partial charge is 0.328 e. The lowest BCUT2D eigenvalue weighted by Crippen LogP contribution is -2.43. The van der Waals surface area contributed by atoms with Crippen molar-refractivity contribution in [3.63, 3.8) is 0 Å². The Labute approximate surface area is 128 Å². The first-order chi connectivity index (χ1) is 8.86. The van der Waals surface area contributed by atoms with E-state index in [1.807, 2.05) is 20.9 Å². The zero-order chi connectivity index (χ0) is 14.8. The van der Waals surface area contributed by atoms with E-state index in [0.29, 0.717) is 18.8 Å². The van der Waals surface area contributed by atoms with Gasteiger partial charge in [0.15, 0.2) is 0 Å². The van der Waals surface area contributed by atoms with Crippen LogP contribution in [0.2, 0.25) is 0 Å². The summed E-state index contributed by atoms with van der Waals surface area (Å²) in [6.45, 7) is 8.43. The number of amides is 1. The number of ether oxygens (including phenoxy) is 1. The fourth-order valence-corrected chi connectivity index (χ4v) is 1.69. The zero-order valence-corrected chi connectivity index (χ0v) is 14.0. The minimum absolute atomic E-state index is 0. The molecule has 0 saturated carbocycles. The van der Waals surface area contributed by atoms with Crippen molar-refractivity contribution in [2.75, 3.05) is 13.6 Å². The van der Waals surface area contributed by atoms with Gasteiger partial charge in [0.2, 0.25) is 5.91 Å². The molecule has 0 aliphatic rings. The molecule has 0 radical (unpaired) electrons. The van der Waals surface area contributed by atoms with Crippen LogP contribution in [0.1, 0.15) is 47.0 Å². The Hall–Kier alpha value is -0.810. The van der Waals surface area contributed by atoms with Crippen LogP contribution in [0.5, 0.6) is 0 Å². The fraction of sp³-hybridized carbons (Fsp3) is 0.857. The predicted octanol–water partition coefficient (Wildman–Crippen LogP) is 1.89. The highest BCUT2D eigenvalue weighted by Gasteiger charge is 2.23. The van der Waals surface area contributed by atoms with E-state index in [2.05, 4.69) is 10.6 Å². The molecule has 1 atom stereocenters. The first-order valence-corrected chi connectivity index (χ1v) is 7.01. The van der Waals surface area contributed by atoms with Gasteiger partial charge >= 0.3 is 5.97 Å². The Kier molecular flexibility index (Phi) is 12.9. The van der Waals surface area contributed by atoms with Gasteiger partial charge in [-0.3, -0.25) is 4.79 Å². The van der Waals surface area contributed by atoms with Crippen molar-refractivity contribution in [2.45, 2.75) is 59.1 Å². The largest absolute Gasteiger partial charge is 0.461 e. The summed E-state index contributed by atoms with van der Waals surface area (Å²) < 4.78 is 5.17. The molecule has 0 unspecified atom stereocenters. The molecule has 1 amide bonds. The molecule has 0 aliphatic heterocycles. The van der Waals surface area contributed by atoms with Crippen LogP contribution < -0.4 is 10.6 Å². The van der Waals surface area contributed by atoms with Gasteiger partial charge in [-0.25, -0.2) is 4.79 Å². The lowest BCUT2D eigenvalue weighted by atomic mass is 10.0. The number of nitrogens with one attached hydrogen (secondary N) is 2. The third kappa shape index (κ3) is 11.1. The lowest BCUT2D eigenvalue weighted by Gasteiger charge is -2.20. The van der Waals surface area contributed by atoms with Gasteiger partial charge in [0.05, 0.1) is 6.10 Å². The van der Waals surface area contributed by atoms with E-state index < -0.39 is 6.04 Å². The van der Waals surface area contributed by atoms with E-state index in [0.717, 1.165) is 13.0 Å². The maximum atomic E-state index is 11.9. The average Bonchev–Trinajstić information content (AvgIpc) is 2.27. The van der Waals surface area contributed by atoms with Crippen molar-refractivity contribution < 1.29 is 14.3 Å². The number of hydrogen-bond donors (Lipinski definition) is 2. The van der Waals surface area contributed by atoms with E-state index in [1.165, 1.54) is 0 Å². The molecule has 6 heteroatoms. The van der Waals surface area contributed by atoms with E-state index in [1.54, 1.807) is 13.8 Å². The molecule has 0 aliphatic carbocycles. The van der Waals surface area contributed by atoms with Crippen LogP contribution in [0, 0.1) is 5.92 Å². The highest BCUT2D eigenvalue weighted by molar-refractivity contribution is 5.85. The Morgan fingerprint density at radius 2 is 1.75 bits per heavy atom. The average molecular weight is 309 g/mol. The van der Waals surface area contributed by atoms with Crippen molar-refractivity contribution in [1.82, 2.24) is 10.6 Å². The van der Waals surface area contributed by atoms with E-state index >= 15 is 0 Å².